The second-order valence-corrected chi connectivity index (χ2v) is 4.40. The molecule has 0 aliphatic rings. The molecule has 0 radical (unpaired) electrons. The molecule has 16 heavy (non-hydrogen) atoms. The molecule has 1 atom stereocenters. The van der Waals surface area contributed by atoms with Crippen LogP contribution >= 0.6 is 0 Å². The van der Waals surface area contributed by atoms with Crippen LogP contribution in [0.15, 0.2) is 18.3 Å². The number of aromatic nitrogens is 1. The lowest BCUT2D eigenvalue weighted by Crippen LogP contribution is -2.40. The zero-order valence-electron chi connectivity index (χ0n) is 9.54. The number of nitrogens with two attached hydrogens (primary N) is 1. The Balaban J connectivity index is 3.19. The molecule has 0 spiro atoms. The summed E-state index contributed by atoms with van der Waals surface area (Å²) in [7, 11) is 0. The molecule has 90 valence electrons. The third-order valence-corrected chi connectivity index (χ3v) is 2.40. The highest BCUT2D eigenvalue weighted by Crippen LogP contribution is 2.37. The Morgan fingerprint density at radius 3 is 2.44 bits per heavy atom. The van der Waals surface area contributed by atoms with Crippen LogP contribution in [0.2, 0.25) is 0 Å². The smallest absolute Gasteiger partial charge is 0.317 e. The highest BCUT2D eigenvalue weighted by atomic mass is 19.3. The van der Waals surface area contributed by atoms with E-state index in [1.807, 2.05) is 0 Å². The maximum absolute atomic E-state index is 13.8. The van der Waals surface area contributed by atoms with Gasteiger partial charge in [0.1, 0.15) is 11.3 Å². The number of halogens is 2. The molecule has 0 unspecified atom stereocenters. The van der Waals surface area contributed by atoms with Crippen molar-refractivity contribution in [3.8, 4) is 0 Å². The minimum absolute atomic E-state index is 0.348. The number of rotatable bonds is 3. The van der Waals surface area contributed by atoms with Crippen LogP contribution in [0.3, 0.4) is 0 Å². The fraction of sp³-hybridized carbons (Fsp3) is 0.545. The van der Waals surface area contributed by atoms with Gasteiger partial charge in [0.25, 0.3) is 0 Å². The predicted molar refractivity (Wildman–Crippen MR) is 57.0 cm³/mol. The molecule has 3 nitrogen and oxygen atoms in total. The Morgan fingerprint density at radius 1 is 1.44 bits per heavy atom. The summed E-state index contributed by atoms with van der Waals surface area (Å²) in [6.07, 6.45) is 1.27. The molecule has 1 heterocycles. The van der Waals surface area contributed by atoms with E-state index < -0.39 is 17.2 Å². The molecule has 0 fully saturated rings. The lowest BCUT2D eigenvalue weighted by Gasteiger charge is -2.28. The fourth-order valence-electron chi connectivity index (χ4n) is 1.22. The van der Waals surface area contributed by atoms with Gasteiger partial charge in [0.15, 0.2) is 0 Å². The molecule has 0 bridgehead atoms. The Kier molecular flexibility index (Phi) is 3.30. The predicted octanol–water partition coefficient (Wildman–Crippen LogP) is 1.96. The van der Waals surface area contributed by atoms with Gasteiger partial charge < -0.3 is 10.8 Å². The number of nitrogens with zero attached hydrogens (tertiary/aromatic N) is 1. The summed E-state index contributed by atoms with van der Waals surface area (Å²) in [5.74, 6) is -3.40. The third-order valence-electron chi connectivity index (χ3n) is 2.40. The van der Waals surface area contributed by atoms with E-state index in [9.17, 15) is 13.9 Å². The van der Waals surface area contributed by atoms with Crippen LogP contribution in [0.1, 0.15) is 38.1 Å². The fourth-order valence-corrected chi connectivity index (χ4v) is 1.22. The summed E-state index contributed by atoms with van der Waals surface area (Å²) in [5, 5.41) is 9.41. The van der Waals surface area contributed by atoms with E-state index in [4.69, 9.17) is 5.73 Å². The van der Waals surface area contributed by atoms with Crippen LogP contribution in [0, 0.1) is 0 Å². The molecule has 0 aliphatic heterocycles. The highest BCUT2D eigenvalue weighted by molar-refractivity contribution is 5.23. The first kappa shape index (κ1) is 13.0. The average molecular weight is 230 g/mol. The summed E-state index contributed by atoms with van der Waals surface area (Å²) in [6, 6.07) is 2.46. The molecule has 0 aromatic carbocycles. The van der Waals surface area contributed by atoms with Crippen molar-refractivity contribution < 1.29 is 13.9 Å². The SMILES string of the molecule is C[C@@H](N)c1ccnc(C(F)(F)C(C)(C)O)c1. The van der Waals surface area contributed by atoms with Gasteiger partial charge in [-0.25, -0.2) is 0 Å². The summed E-state index contributed by atoms with van der Waals surface area (Å²) in [5.41, 5.74) is 3.54. The zero-order valence-corrected chi connectivity index (χ0v) is 9.54. The van der Waals surface area contributed by atoms with Crippen molar-refractivity contribution in [1.29, 1.82) is 0 Å². The summed E-state index contributed by atoms with van der Waals surface area (Å²) in [6.45, 7) is 3.79. The monoisotopic (exact) mass is 230 g/mol. The average Bonchev–Trinajstić information content (AvgIpc) is 2.16. The first-order valence-electron chi connectivity index (χ1n) is 4.98. The largest absolute Gasteiger partial charge is 0.384 e. The van der Waals surface area contributed by atoms with E-state index >= 15 is 0 Å². The lowest BCUT2D eigenvalue weighted by atomic mass is 9.95. The quantitative estimate of drug-likeness (QED) is 0.834. The van der Waals surface area contributed by atoms with Gasteiger partial charge in [0.05, 0.1) is 0 Å². The van der Waals surface area contributed by atoms with Crippen molar-refractivity contribution in [2.24, 2.45) is 5.73 Å². The maximum atomic E-state index is 13.8. The van der Waals surface area contributed by atoms with Gasteiger partial charge in [-0.3, -0.25) is 4.98 Å². The number of hydrogen-bond acceptors (Lipinski definition) is 3. The van der Waals surface area contributed by atoms with E-state index in [0.29, 0.717) is 5.56 Å². The molecule has 0 aliphatic carbocycles. The number of alkyl halides is 2. The minimum Gasteiger partial charge on any atom is -0.384 e. The second kappa shape index (κ2) is 4.07. The van der Waals surface area contributed by atoms with Gasteiger partial charge in [-0.15, -0.1) is 0 Å². The molecule has 0 amide bonds. The standard InChI is InChI=1S/C11H16F2N2O/c1-7(14)8-4-5-15-9(6-8)11(12,13)10(2,3)16/h4-7,16H,14H2,1-3H3/t7-/m1/s1. The van der Waals surface area contributed by atoms with Gasteiger partial charge in [-0.2, -0.15) is 8.78 Å². The molecular formula is C11H16F2N2O. The Morgan fingerprint density at radius 2 is 2.00 bits per heavy atom. The minimum atomic E-state index is -3.40. The van der Waals surface area contributed by atoms with Crippen LogP contribution in [-0.4, -0.2) is 15.7 Å². The molecule has 0 saturated heterocycles. The topological polar surface area (TPSA) is 59.1 Å². The third kappa shape index (κ3) is 2.36. The van der Waals surface area contributed by atoms with E-state index in [1.165, 1.54) is 12.3 Å². The summed E-state index contributed by atoms with van der Waals surface area (Å²) in [4.78, 5) is 3.59. The van der Waals surface area contributed by atoms with Crippen molar-refractivity contribution in [1.82, 2.24) is 4.98 Å². The van der Waals surface area contributed by atoms with Gasteiger partial charge in [-0.05, 0) is 38.5 Å². The Hall–Kier alpha value is -1.07. The van der Waals surface area contributed by atoms with Gasteiger partial charge >= 0.3 is 5.92 Å². The van der Waals surface area contributed by atoms with Gasteiger partial charge in [0, 0.05) is 12.2 Å². The molecule has 1 aromatic heterocycles. The van der Waals surface area contributed by atoms with E-state index in [-0.39, 0.29) is 6.04 Å². The molecule has 1 aromatic rings. The Bertz CT molecular complexity index is 372. The second-order valence-electron chi connectivity index (χ2n) is 4.40. The number of hydrogen-bond donors (Lipinski definition) is 2. The number of aliphatic hydroxyl groups is 1. The van der Waals surface area contributed by atoms with Crippen LogP contribution < -0.4 is 5.73 Å². The van der Waals surface area contributed by atoms with Crippen LogP contribution in [0.4, 0.5) is 8.78 Å². The number of pyridine rings is 1. The zero-order chi connectivity index (χ0) is 12.6. The van der Waals surface area contributed by atoms with Crippen molar-refractivity contribution in [3.05, 3.63) is 29.6 Å². The van der Waals surface area contributed by atoms with Crippen molar-refractivity contribution in [2.75, 3.05) is 0 Å². The highest BCUT2D eigenvalue weighted by Gasteiger charge is 2.48. The van der Waals surface area contributed by atoms with Crippen molar-refractivity contribution in [2.45, 2.75) is 38.3 Å². The van der Waals surface area contributed by atoms with Crippen LogP contribution in [0.25, 0.3) is 0 Å². The molecule has 1 rings (SSSR count). The van der Waals surface area contributed by atoms with Gasteiger partial charge in [-0.1, -0.05) is 0 Å². The molecular weight excluding hydrogens is 214 g/mol. The lowest BCUT2D eigenvalue weighted by molar-refractivity contribution is -0.171. The van der Waals surface area contributed by atoms with Gasteiger partial charge in [0.2, 0.25) is 0 Å². The first-order valence-corrected chi connectivity index (χ1v) is 4.98. The molecule has 0 saturated carbocycles. The normalized spacial score (nSPS) is 14.9. The maximum Gasteiger partial charge on any atom is 0.317 e. The van der Waals surface area contributed by atoms with Crippen LogP contribution in [0.5, 0.6) is 0 Å². The molecule has 5 heteroatoms. The Labute approximate surface area is 93.3 Å². The van der Waals surface area contributed by atoms with Crippen molar-refractivity contribution in [3.63, 3.8) is 0 Å². The van der Waals surface area contributed by atoms with E-state index in [1.54, 1.807) is 13.0 Å². The molecule has 3 N–H and O–H groups in total. The van der Waals surface area contributed by atoms with E-state index in [2.05, 4.69) is 4.98 Å². The van der Waals surface area contributed by atoms with Crippen LogP contribution in [-0.2, 0) is 5.92 Å². The summed E-state index contributed by atoms with van der Waals surface area (Å²) >= 11 is 0. The summed E-state index contributed by atoms with van der Waals surface area (Å²) < 4.78 is 27.5. The first-order chi connectivity index (χ1) is 7.16. The van der Waals surface area contributed by atoms with Crippen molar-refractivity contribution >= 4 is 0 Å². The van der Waals surface area contributed by atoms with E-state index in [0.717, 1.165) is 13.8 Å².